The second kappa shape index (κ2) is 7.40. The lowest BCUT2D eigenvalue weighted by Gasteiger charge is -2.21. The van der Waals surface area contributed by atoms with Gasteiger partial charge < -0.3 is 20.4 Å². The summed E-state index contributed by atoms with van der Waals surface area (Å²) in [6, 6.07) is 9.64. The Morgan fingerprint density at radius 3 is 2.41 bits per heavy atom. The number of aliphatic hydroxyl groups excluding tert-OH is 2. The average Bonchev–Trinajstić information content (AvgIpc) is 2.30. The summed E-state index contributed by atoms with van der Waals surface area (Å²) in [5.41, 5.74) is 1.03. The Labute approximate surface area is 103 Å². The van der Waals surface area contributed by atoms with E-state index in [2.05, 4.69) is 5.32 Å². The first-order valence-corrected chi connectivity index (χ1v) is 5.85. The fourth-order valence-corrected chi connectivity index (χ4v) is 1.74. The maximum atomic E-state index is 9.73. The molecule has 0 spiro atoms. The van der Waals surface area contributed by atoms with E-state index in [9.17, 15) is 10.2 Å². The average molecular weight is 238 g/mol. The van der Waals surface area contributed by atoms with Crippen molar-refractivity contribution in [2.75, 3.05) is 33.8 Å². The summed E-state index contributed by atoms with van der Waals surface area (Å²) in [5, 5.41) is 22.2. The number of aliphatic hydroxyl groups is 2. The standard InChI is InChI=1S/C13H22N2O2/c1-15(2)9-12(17)8-14-13(10-16)11-6-4-3-5-7-11/h3-7,12-14,16-17H,8-10H2,1-2H3. The van der Waals surface area contributed by atoms with Crippen molar-refractivity contribution in [3.63, 3.8) is 0 Å². The van der Waals surface area contributed by atoms with Gasteiger partial charge in [0, 0.05) is 13.1 Å². The van der Waals surface area contributed by atoms with Crippen LogP contribution < -0.4 is 5.32 Å². The van der Waals surface area contributed by atoms with E-state index in [1.807, 2.05) is 49.3 Å². The molecule has 0 aliphatic carbocycles. The molecule has 1 aromatic carbocycles. The van der Waals surface area contributed by atoms with Gasteiger partial charge in [0.15, 0.2) is 0 Å². The molecular formula is C13H22N2O2. The van der Waals surface area contributed by atoms with Crippen LogP contribution in [0.5, 0.6) is 0 Å². The maximum Gasteiger partial charge on any atom is 0.0791 e. The molecule has 96 valence electrons. The Kier molecular flexibility index (Phi) is 6.15. The molecule has 4 nitrogen and oxygen atoms in total. The summed E-state index contributed by atoms with van der Waals surface area (Å²) < 4.78 is 0. The summed E-state index contributed by atoms with van der Waals surface area (Å²) in [6.07, 6.45) is -0.428. The second-order valence-corrected chi connectivity index (χ2v) is 4.47. The highest BCUT2D eigenvalue weighted by molar-refractivity contribution is 5.18. The Bertz CT molecular complexity index is 304. The molecule has 0 aromatic heterocycles. The summed E-state index contributed by atoms with van der Waals surface area (Å²) in [4.78, 5) is 1.93. The van der Waals surface area contributed by atoms with Crippen LogP contribution in [-0.2, 0) is 0 Å². The quantitative estimate of drug-likeness (QED) is 0.636. The van der Waals surface area contributed by atoms with Crippen molar-refractivity contribution in [3.8, 4) is 0 Å². The third kappa shape index (κ3) is 5.28. The maximum absolute atomic E-state index is 9.73. The summed E-state index contributed by atoms with van der Waals surface area (Å²) in [5.74, 6) is 0. The predicted octanol–water partition coefficient (Wildman–Crippen LogP) is 0.232. The minimum Gasteiger partial charge on any atom is -0.394 e. The lowest BCUT2D eigenvalue weighted by Crippen LogP contribution is -2.37. The number of rotatable bonds is 7. The number of nitrogens with one attached hydrogen (secondary N) is 1. The third-order valence-corrected chi connectivity index (χ3v) is 2.56. The number of hydrogen-bond acceptors (Lipinski definition) is 4. The Hall–Kier alpha value is -0.940. The highest BCUT2D eigenvalue weighted by Crippen LogP contribution is 2.11. The zero-order valence-electron chi connectivity index (χ0n) is 10.5. The van der Waals surface area contributed by atoms with Gasteiger partial charge in [0.2, 0.25) is 0 Å². The van der Waals surface area contributed by atoms with Crippen LogP contribution in [0.25, 0.3) is 0 Å². The second-order valence-electron chi connectivity index (χ2n) is 4.47. The van der Waals surface area contributed by atoms with Crippen molar-refractivity contribution < 1.29 is 10.2 Å². The first kappa shape index (κ1) is 14.1. The zero-order chi connectivity index (χ0) is 12.7. The van der Waals surface area contributed by atoms with Gasteiger partial charge in [-0.3, -0.25) is 0 Å². The van der Waals surface area contributed by atoms with E-state index in [0.717, 1.165) is 5.56 Å². The molecule has 1 aromatic rings. The molecule has 0 radical (unpaired) electrons. The van der Waals surface area contributed by atoms with Crippen LogP contribution in [0.2, 0.25) is 0 Å². The minimum absolute atomic E-state index is 0.0265. The molecule has 3 N–H and O–H groups in total. The van der Waals surface area contributed by atoms with Gasteiger partial charge in [-0.05, 0) is 19.7 Å². The van der Waals surface area contributed by atoms with Gasteiger partial charge in [-0.1, -0.05) is 30.3 Å². The van der Waals surface area contributed by atoms with Crippen LogP contribution in [0, 0.1) is 0 Å². The largest absolute Gasteiger partial charge is 0.394 e. The van der Waals surface area contributed by atoms with Crippen LogP contribution >= 0.6 is 0 Å². The Balaban J connectivity index is 2.43. The first-order valence-electron chi connectivity index (χ1n) is 5.85. The van der Waals surface area contributed by atoms with Crippen LogP contribution in [0.4, 0.5) is 0 Å². The third-order valence-electron chi connectivity index (χ3n) is 2.56. The normalized spacial score (nSPS) is 14.9. The molecule has 0 fully saturated rings. The van der Waals surface area contributed by atoms with Gasteiger partial charge in [-0.15, -0.1) is 0 Å². The molecule has 0 bridgehead atoms. The van der Waals surface area contributed by atoms with Crippen molar-refractivity contribution >= 4 is 0 Å². The molecule has 17 heavy (non-hydrogen) atoms. The lowest BCUT2D eigenvalue weighted by molar-refractivity contribution is 0.126. The molecule has 2 atom stereocenters. The van der Waals surface area contributed by atoms with Crippen molar-refractivity contribution in [2.45, 2.75) is 12.1 Å². The van der Waals surface area contributed by atoms with Crippen molar-refractivity contribution in [2.24, 2.45) is 0 Å². The van der Waals surface area contributed by atoms with Gasteiger partial charge >= 0.3 is 0 Å². The molecule has 0 heterocycles. The number of nitrogens with zero attached hydrogens (tertiary/aromatic N) is 1. The number of likely N-dealkylation sites (N-methyl/N-ethyl adjacent to an activating group) is 1. The van der Waals surface area contributed by atoms with Crippen LogP contribution in [0.1, 0.15) is 11.6 Å². The van der Waals surface area contributed by atoms with E-state index in [1.165, 1.54) is 0 Å². The molecule has 0 saturated carbocycles. The first-order chi connectivity index (χ1) is 8.13. The predicted molar refractivity (Wildman–Crippen MR) is 68.8 cm³/mol. The van der Waals surface area contributed by atoms with E-state index in [-0.39, 0.29) is 12.6 Å². The molecule has 0 saturated heterocycles. The number of hydrogen-bond donors (Lipinski definition) is 3. The molecule has 0 amide bonds. The highest BCUT2D eigenvalue weighted by atomic mass is 16.3. The van der Waals surface area contributed by atoms with Gasteiger partial charge in [-0.2, -0.15) is 0 Å². The van der Waals surface area contributed by atoms with Crippen molar-refractivity contribution in [1.82, 2.24) is 10.2 Å². The van der Waals surface area contributed by atoms with E-state index >= 15 is 0 Å². The molecule has 0 aliphatic heterocycles. The van der Waals surface area contributed by atoms with Crippen molar-refractivity contribution in [1.29, 1.82) is 0 Å². The van der Waals surface area contributed by atoms with Gasteiger partial charge in [0.1, 0.15) is 0 Å². The fourth-order valence-electron chi connectivity index (χ4n) is 1.74. The smallest absolute Gasteiger partial charge is 0.0791 e. The van der Waals surface area contributed by atoms with E-state index in [4.69, 9.17) is 0 Å². The minimum atomic E-state index is -0.428. The van der Waals surface area contributed by atoms with Crippen LogP contribution in [0.3, 0.4) is 0 Å². The van der Waals surface area contributed by atoms with Crippen LogP contribution in [-0.4, -0.2) is 55.0 Å². The SMILES string of the molecule is CN(C)CC(O)CNC(CO)c1ccccc1. The Morgan fingerprint density at radius 1 is 1.24 bits per heavy atom. The van der Waals surface area contributed by atoms with E-state index in [1.54, 1.807) is 0 Å². The molecule has 2 unspecified atom stereocenters. The summed E-state index contributed by atoms with van der Waals surface area (Å²) in [7, 11) is 3.84. The van der Waals surface area contributed by atoms with Crippen LogP contribution in [0.15, 0.2) is 30.3 Å². The summed E-state index contributed by atoms with van der Waals surface area (Å²) >= 11 is 0. The van der Waals surface area contributed by atoms with Crippen molar-refractivity contribution in [3.05, 3.63) is 35.9 Å². The van der Waals surface area contributed by atoms with Gasteiger partial charge in [0.25, 0.3) is 0 Å². The number of benzene rings is 1. The molecule has 0 aliphatic rings. The van der Waals surface area contributed by atoms with E-state index < -0.39 is 6.10 Å². The molecule has 4 heteroatoms. The Morgan fingerprint density at radius 2 is 1.88 bits per heavy atom. The van der Waals surface area contributed by atoms with Gasteiger partial charge in [-0.25, -0.2) is 0 Å². The zero-order valence-corrected chi connectivity index (χ0v) is 10.5. The van der Waals surface area contributed by atoms with E-state index in [0.29, 0.717) is 13.1 Å². The summed E-state index contributed by atoms with van der Waals surface area (Å²) in [6.45, 7) is 1.11. The fraction of sp³-hybridized carbons (Fsp3) is 0.538. The molecular weight excluding hydrogens is 216 g/mol. The van der Waals surface area contributed by atoms with Gasteiger partial charge in [0.05, 0.1) is 18.8 Å². The highest BCUT2D eigenvalue weighted by Gasteiger charge is 2.12. The monoisotopic (exact) mass is 238 g/mol. The molecule has 1 rings (SSSR count). The lowest BCUT2D eigenvalue weighted by atomic mass is 10.1. The topological polar surface area (TPSA) is 55.7 Å².